The first-order chi connectivity index (χ1) is 17.0. The first-order valence-electron chi connectivity index (χ1n) is 9.72. The van der Waals surface area contributed by atoms with Crippen LogP contribution >= 0.6 is 0 Å². The Morgan fingerprint density at radius 1 is 0.865 bits per heavy atom. The van der Waals surface area contributed by atoms with Gasteiger partial charge in [0.2, 0.25) is 5.91 Å². The third-order valence-electron chi connectivity index (χ3n) is 4.86. The molecule has 0 spiro atoms. The molecule has 3 aromatic rings. The van der Waals surface area contributed by atoms with Crippen molar-refractivity contribution in [2.24, 2.45) is 10.2 Å². The van der Waals surface area contributed by atoms with E-state index in [0.29, 0.717) is 6.07 Å². The van der Waals surface area contributed by atoms with Crippen LogP contribution in [0.2, 0.25) is 0 Å². The van der Waals surface area contributed by atoms with Crippen molar-refractivity contribution >= 4 is 64.1 Å². The number of phenols is 1. The minimum Gasteiger partial charge on any atom is -0.505 e. The first kappa shape index (κ1) is 28.1. The molecule has 37 heavy (non-hydrogen) atoms. The normalized spacial score (nSPS) is 12.8. The smallest absolute Gasteiger partial charge is 0.296 e. The minimum absolute atomic E-state index is 0.360. The third-order valence-corrected chi connectivity index (χ3v) is 7.46. The van der Waals surface area contributed by atoms with Gasteiger partial charge in [0.1, 0.15) is 21.2 Å². The second kappa shape index (κ2) is 9.74. The Hall–Kier alpha value is -3.52. The number of aromatic hydroxyl groups is 1. The maximum atomic E-state index is 12.2. The van der Waals surface area contributed by atoms with Crippen LogP contribution in [0.4, 0.5) is 17.1 Å². The fraction of sp³-hybridized carbons (Fsp3) is 0.105. The average Bonchev–Trinajstić information content (AvgIpc) is 2.76. The Bertz CT molecular complexity index is 1790. The lowest BCUT2D eigenvalue weighted by molar-refractivity contribution is -0.117. The number of azo groups is 1. The van der Waals surface area contributed by atoms with Gasteiger partial charge in [-0.1, -0.05) is 12.1 Å². The van der Waals surface area contributed by atoms with E-state index in [0.717, 1.165) is 36.2 Å². The molecule has 0 unspecified atom stereocenters. The van der Waals surface area contributed by atoms with Gasteiger partial charge in [0.05, 0.1) is 16.0 Å². The molecular formula is C19H18N4O11S3. The molecule has 0 aliphatic rings. The van der Waals surface area contributed by atoms with Crippen molar-refractivity contribution in [1.82, 2.24) is 5.43 Å². The number of amides is 1. The maximum Gasteiger partial charge on any atom is 0.296 e. The lowest BCUT2D eigenvalue weighted by Gasteiger charge is -2.23. The van der Waals surface area contributed by atoms with Gasteiger partial charge in [-0.2, -0.15) is 25.3 Å². The monoisotopic (exact) mass is 574 g/mol. The van der Waals surface area contributed by atoms with Crippen LogP contribution in [-0.2, 0) is 35.1 Å². The highest BCUT2D eigenvalue weighted by molar-refractivity contribution is 7.86. The first-order valence-corrected chi connectivity index (χ1v) is 14.0. The second-order valence-corrected chi connectivity index (χ2v) is 11.5. The van der Waals surface area contributed by atoms with Gasteiger partial charge in [0.15, 0.2) is 5.75 Å². The standard InChI is InChI=1S/C19H18N4O11S3/c1-10(24)23(20-2)14-9-12(35(26,27)28)7-11-8-16(37(32,33)34)18(19(25)17(11)14)22-21-13-5-3-4-6-15(13)36(29,30)31/h3-9,20,25H,1-2H3,(H,26,27,28)(H,29,30,31)(H,32,33,34). The Kier molecular flexibility index (Phi) is 7.39. The van der Waals surface area contributed by atoms with Crippen molar-refractivity contribution in [2.45, 2.75) is 21.6 Å². The summed E-state index contributed by atoms with van der Waals surface area (Å²) < 4.78 is 99.8. The summed E-state index contributed by atoms with van der Waals surface area (Å²) in [4.78, 5) is 9.59. The third kappa shape index (κ3) is 5.74. The average molecular weight is 575 g/mol. The molecule has 0 saturated carbocycles. The van der Waals surface area contributed by atoms with Crippen LogP contribution in [0.25, 0.3) is 10.8 Å². The van der Waals surface area contributed by atoms with Gasteiger partial charge < -0.3 is 5.11 Å². The van der Waals surface area contributed by atoms with Crippen molar-refractivity contribution in [2.75, 3.05) is 12.1 Å². The molecule has 0 fully saturated rings. The lowest BCUT2D eigenvalue weighted by atomic mass is 10.1. The predicted molar refractivity (Wildman–Crippen MR) is 128 cm³/mol. The number of benzene rings is 3. The van der Waals surface area contributed by atoms with E-state index < -0.39 is 68.1 Å². The van der Waals surface area contributed by atoms with Gasteiger partial charge in [0.25, 0.3) is 30.4 Å². The molecule has 0 bridgehead atoms. The van der Waals surface area contributed by atoms with Crippen molar-refractivity contribution in [3.05, 3.63) is 42.5 Å². The van der Waals surface area contributed by atoms with E-state index in [9.17, 15) is 48.8 Å². The zero-order chi connectivity index (χ0) is 27.9. The Morgan fingerprint density at radius 3 is 1.97 bits per heavy atom. The molecule has 3 aromatic carbocycles. The second-order valence-electron chi connectivity index (χ2n) is 7.28. The Balaban J connectivity index is 2.49. The summed E-state index contributed by atoms with van der Waals surface area (Å²) >= 11 is 0. The topological polar surface area (TPSA) is 240 Å². The fourth-order valence-corrected chi connectivity index (χ4v) is 5.18. The molecule has 3 rings (SSSR count). The number of hydrazine groups is 1. The highest BCUT2D eigenvalue weighted by atomic mass is 32.2. The number of fused-ring (bicyclic) bond motifs is 1. The molecule has 18 heteroatoms. The molecule has 0 heterocycles. The lowest BCUT2D eigenvalue weighted by Crippen LogP contribution is -2.39. The summed E-state index contributed by atoms with van der Waals surface area (Å²) in [5.74, 6) is -1.74. The van der Waals surface area contributed by atoms with E-state index >= 15 is 0 Å². The molecule has 0 atom stereocenters. The van der Waals surface area contributed by atoms with Crippen LogP contribution in [0, 0.1) is 0 Å². The molecule has 198 valence electrons. The quantitative estimate of drug-likeness (QED) is 0.155. The van der Waals surface area contributed by atoms with Crippen molar-refractivity contribution < 1.29 is 48.8 Å². The Labute approximate surface area is 210 Å². The van der Waals surface area contributed by atoms with Gasteiger partial charge in [0, 0.05) is 14.0 Å². The van der Waals surface area contributed by atoms with Gasteiger partial charge in [-0.25, -0.2) is 10.4 Å². The molecule has 0 aliphatic heterocycles. The van der Waals surface area contributed by atoms with Crippen molar-refractivity contribution in [3.8, 4) is 5.75 Å². The SMILES string of the molecule is CNN(C(C)=O)c1cc(S(=O)(=O)O)cc2cc(S(=O)(=O)O)c(N=Nc3ccccc3S(=O)(=O)O)c(O)c12. The van der Waals surface area contributed by atoms with Gasteiger partial charge in [-0.3, -0.25) is 18.5 Å². The highest BCUT2D eigenvalue weighted by Gasteiger charge is 2.28. The van der Waals surface area contributed by atoms with Crippen LogP contribution in [0.1, 0.15) is 6.92 Å². The van der Waals surface area contributed by atoms with E-state index in [4.69, 9.17) is 0 Å². The summed E-state index contributed by atoms with van der Waals surface area (Å²) in [5, 5.41) is 18.2. The summed E-state index contributed by atoms with van der Waals surface area (Å²) in [7, 11) is -13.6. The number of rotatable bonds is 7. The van der Waals surface area contributed by atoms with E-state index in [1.807, 2.05) is 0 Å². The highest BCUT2D eigenvalue weighted by Crippen LogP contribution is 2.46. The van der Waals surface area contributed by atoms with Crippen molar-refractivity contribution in [1.29, 1.82) is 0 Å². The molecule has 0 aliphatic carbocycles. The van der Waals surface area contributed by atoms with Crippen molar-refractivity contribution in [3.63, 3.8) is 0 Å². The summed E-state index contributed by atoms with van der Waals surface area (Å²) in [6.07, 6.45) is 0. The molecule has 1 amide bonds. The molecular weight excluding hydrogens is 556 g/mol. The van der Waals surface area contributed by atoms with Gasteiger partial charge in [-0.15, -0.1) is 10.2 Å². The largest absolute Gasteiger partial charge is 0.505 e. The fourth-order valence-electron chi connectivity index (χ4n) is 3.37. The van der Waals surface area contributed by atoms with Crippen LogP contribution in [-0.4, -0.2) is 57.0 Å². The maximum absolute atomic E-state index is 12.2. The number of carbonyl (C=O) groups excluding carboxylic acids is 1. The molecule has 15 nitrogen and oxygen atoms in total. The van der Waals surface area contributed by atoms with E-state index in [1.165, 1.54) is 19.2 Å². The number of anilines is 1. The number of hydrogen-bond acceptors (Lipinski definition) is 11. The van der Waals surface area contributed by atoms with E-state index in [2.05, 4.69) is 15.7 Å². The molecule has 0 radical (unpaired) electrons. The van der Waals surface area contributed by atoms with E-state index in [1.54, 1.807) is 0 Å². The zero-order valence-electron chi connectivity index (χ0n) is 18.8. The van der Waals surface area contributed by atoms with Crippen LogP contribution in [0.15, 0.2) is 67.4 Å². The Morgan fingerprint density at radius 2 is 1.46 bits per heavy atom. The van der Waals surface area contributed by atoms with E-state index in [-0.39, 0.29) is 16.5 Å². The number of carbonyl (C=O) groups is 1. The summed E-state index contributed by atoms with van der Waals surface area (Å²) in [5.41, 5.74) is 0.695. The van der Waals surface area contributed by atoms with Crippen LogP contribution in [0.3, 0.4) is 0 Å². The molecule has 5 N–H and O–H groups in total. The number of phenolic OH excluding ortho intramolecular Hbond substituents is 1. The summed E-state index contributed by atoms with van der Waals surface area (Å²) in [6.45, 7) is 1.07. The molecule has 0 aromatic heterocycles. The van der Waals surface area contributed by atoms with Gasteiger partial charge >= 0.3 is 0 Å². The number of nitrogens with one attached hydrogen (secondary N) is 1. The zero-order valence-corrected chi connectivity index (χ0v) is 21.2. The summed E-state index contributed by atoms with van der Waals surface area (Å²) in [6, 6.07) is 6.91. The number of nitrogens with zero attached hydrogens (tertiary/aromatic N) is 3. The number of hydrogen-bond donors (Lipinski definition) is 5. The van der Waals surface area contributed by atoms with Crippen LogP contribution < -0.4 is 10.4 Å². The minimum atomic E-state index is -5.18. The molecule has 0 saturated heterocycles. The van der Waals surface area contributed by atoms with Crippen LogP contribution in [0.5, 0.6) is 5.75 Å². The van der Waals surface area contributed by atoms with Gasteiger partial charge in [-0.05, 0) is 35.7 Å². The predicted octanol–water partition coefficient (Wildman–Crippen LogP) is 2.19.